The molecule has 1 amide bonds. The van der Waals surface area contributed by atoms with E-state index in [4.69, 9.17) is 0 Å². The first-order valence-corrected chi connectivity index (χ1v) is 9.89. The molecule has 25 heavy (non-hydrogen) atoms. The van der Waals surface area contributed by atoms with Gasteiger partial charge in [0.2, 0.25) is 5.91 Å². The van der Waals surface area contributed by atoms with Crippen LogP contribution >= 0.6 is 11.3 Å². The number of amides is 1. The highest BCUT2D eigenvalue weighted by Gasteiger charge is 2.11. The Kier molecular flexibility index (Phi) is 7.86. The first-order chi connectivity index (χ1) is 12.1. The van der Waals surface area contributed by atoms with Crippen molar-refractivity contribution in [3.05, 3.63) is 46.2 Å². The fraction of sp³-hybridized carbons (Fsp3) is 0.429. The lowest BCUT2D eigenvalue weighted by Gasteiger charge is -2.16. The van der Waals surface area contributed by atoms with Crippen molar-refractivity contribution in [1.29, 1.82) is 0 Å². The van der Waals surface area contributed by atoms with Crippen molar-refractivity contribution >= 4 is 23.5 Å². The van der Waals surface area contributed by atoms with E-state index in [9.17, 15) is 9.59 Å². The summed E-state index contributed by atoms with van der Waals surface area (Å²) in [5, 5.41) is 2.11. The third-order valence-corrected chi connectivity index (χ3v) is 5.27. The molecule has 0 saturated heterocycles. The molecule has 0 saturated carbocycles. The van der Waals surface area contributed by atoms with Gasteiger partial charge >= 0.3 is 0 Å². The van der Waals surface area contributed by atoms with Crippen LogP contribution < -0.4 is 0 Å². The smallest absolute Gasteiger partial charge is 0.222 e. The zero-order valence-corrected chi connectivity index (χ0v) is 16.0. The zero-order chi connectivity index (χ0) is 18.1. The maximum absolute atomic E-state index is 12.2. The summed E-state index contributed by atoms with van der Waals surface area (Å²) in [6.07, 6.45) is 7.35. The first-order valence-electron chi connectivity index (χ1n) is 9.01. The van der Waals surface area contributed by atoms with Crippen molar-refractivity contribution in [2.45, 2.75) is 52.0 Å². The monoisotopic (exact) mass is 357 g/mol. The molecule has 0 fully saturated rings. The molecule has 2 rings (SSSR count). The molecule has 0 unspecified atom stereocenters. The second-order valence-electron chi connectivity index (χ2n) is 6.46. The molecular weight excluding hydrogens is 330 g/mol. The van der Waals surface area contributed by atoms with Crippen LogP contribution in [0, 0.1) is 0 Å². The number of thiophene rings is 1. The number of benzene rings is 1. The van der Waals surface area contributed by atoms with E-state index in [0.29, 0.717) is 18.5 Å². The Morgan fingerprint density at radius 1 is 1.08 bits per heavy atom. The molecule has 134 valence electrons. The minimum atomic E-state index is 0.224. The van der Waals surface area contributed by atoms with Crippen molar-refractivity contribution in [1.82, 2.24) is 4.90 Å². The average Bonchev–Trinajstić information content (AvgIpc) is 3.09. The van der Waals surface area contributed by atoms with Crippen molar-refractivity contribution in [2.75, 3.05) is 7.05 Å². The van der Waals surface area contributed by atoms with E-state index in [1.807, 2.05) is 36.2 Å². The van der Waals surface area contributed by atoms with Gasteiger partial charge in [0.05, 0.1) is 6.54 Å². The van der Waals surface area contributed by atoms with Crippen LogP contribution in [0.5, 0.6) is 0 Å². The van der Waals surface area contributed by atoms with E-state index in [-0.39, 0.29) is 5.91 Å². The van der Waals surface area contributed by atoms with Gasteiger partial charge in [-0.2, -0.15) is 0 Å². The molecule has 1 aromatic heterocycles. The minimum Gasteiger partial charge on any atom is -0.341 e. The lowest BCUT2D eigenvalue weighted by molar-refractivity contribution is -0.130. The molecule has 2 aromatic rings. The second-order valence-corrected chi connectivity index (χ2v) is 7.45. The zero-order valence-electron chi connectivity index (χ0n) is 15.2. The summed E-state index contributed by atoms with van der Waals surface area (Å²) in [5.74, 6) is 0.224. The topological polar surface area (TPSA) is 37.4 Å². The molecule has 0 aliphatic heterocycles. The molecular formula is C21H27NO2S. The SMILES string of the molecule is CCCCCCCC(=O)N(C)Cc1cc(-c2ccc(C=O)cc2)cs1. The number of hydrogen-bond donors (Lipinski definition) is 0. The van der Waals surface area contributed by atoms with Gasteiger partial charge in [0.15, 0.2) is 0 Å². The molecule has 0 N–H and O–H groups in total. The predicted octanol–water partition coefficient (Wildman–Crippen LogP) is 5.55. The summed E-state index contributed by atoms with van der Waals surface area (Å²) in [6, 6.07) is 9.70. The Hall–Kier alpha value is -1.94. The summed E-state index contributed by atoms with van der Waals surface area (Å²) < 4.78 is 0. The van der Waals surface area contributed by atoms with Gasteiger partial charge in [0.1, 0.15) is 6.29 Å². The van der Waals surface area contributed by atoms with Gasteiger partial charge in [-0.15, -0.1) is 11.3 Å². The van der Waals surface area contributed by atoms with E-state index >= 15 is 0 Å². The summed E-state index contributed by atoms with van der Waals surface area (Å²) in [7, 11) is 1.88. The van der Waals surface area contributed by atoms with Crippen LogP contribution in [0.2, 0.25) is 0 Å². The standard InChI is InChI=1S/C21H27NO2S/c1-3-4-5-6-7-8-21(24)22(2)14-20-13-19(16-25-20)18-11-9-17(15-23)10-12-18/h9-13,15-16H,3-8,14H2,1-2H3. The normalized spacial score (nSPS) is 10.6. The van der Waals surface area contributed by atoms with E-state index in [2.05, 4.69) is 18.4 Å². The Bertz CT molecular complexity index is 675. The van der Waals surface area contributed by atoms with E-state index in [1.54, 1.807) is 11.3 Å². The Balaban J connectivity index is 1.84. The van der Waals surface area contributed by atoms with Crippen LogP contribution in [0.4, 0.5) is 0 Å². The number of carbonyl (C=O) groups excluding carboxylic acids is 2. The van der Waals surface area contributed by atoms with Gasteiger partial charge in [-0.1, -0.05) is 56.9 Å². The second kappa shape index (κ2) is 10.1. The quantitative estimate of drug-likeness (QED) is 0.413. The number of unbranched alkanes of at least 4 members (excludes halogenated alkanes) is 4. The van der Waals surface area contributed by atoms with E-state index in [1.165, 1.54) is 24.1 Å². The molecule has 0 bridgehead atoms. The van der Waals surface area contributed by atoms with Gasteiger partial charge in [0, 0.05) is 23.9 Å². The molecule has 1 aromatic carbocycles. The van der Waals surface area contributed by atoms with Crippen LogP contribution in [-0.2, 0) is 11.3 Å². The Morgan fingerprint density at radius 3 is 2.48 bits per heavy atom. The average molecular weight is 358 g/mol. The van der Waals surface area contributed by atoms with Gasteiger partial charge in [-0.3, -0.25) is 9.59 Å². The third-order valence-electron chi connectivity index (χ3n) is 4.35. The first kappa shape index (κ1) is 19.4. The summed E-state index contributed by atoms with van der Waals surface area (Å²) >= 11 is 1.67. The molecule has 3 nitrogen and oxygen atoms in total. The molecule has 1 heterocycles. The Labute approximate surface area is 154 Å². The summed E-state index contributed by atoms with van der Waals surface area (Å²) in [4.78, 5) is 26.0. The third kappa shape index (κ3) is 6.13. The Morgan fingerprint density at radius 2 is 1.80 bits per heavy atom. The molecule has 0 spiro atoms. The van der Waals surface area contributed by atoms with Gasteiger partial charge in [-0.05, 0) is 29.0 Å². The highest BCUT2D eigenvalue weighted by atomic mass is 32.1. The highest BCUT2D eigenvalue weighted by molar-refractivity contribution is 7.10. The van der Waals surface area contributed by atoms with Crippen LogP contribution in [-0.4, -0.2) is 24.1 Å². The van der Waals surface area contributed by atoms with Crippen molar-refractivity contribution in [3.8, 4) is 11.1 Å². The van der Waals surface area contributed by atoms with E-state index in [0.717, 1.165) is 30.3 Å². The minimum absolute atomic E-state index is 0.224. The van der Waals surface area contributed by atoms with E-state index < -0.39 is 0 Å². The van der Waals surface area contributed by atoms with Crippen LogP contribution in [0.25, 0.3) is 11.1 Å². The number of hydrogen-bond acceptors (Lipinski definition) is 3. The maximum Gasteiger partial charge on any atom is 0.222 e. The predicted molar refractivity (Wildman–Crippen MR) is 105 cm³/mol. The largest absolute Gasteiger partial charge is 0.341 e. The number of carbonyl (C=O) groups is 2. The fourth-order valence-corrected chi connectivity index (χ4v) is 3.71. The van der Waals surface area contributed by atoms with Crippen molar-refractivity contribution in [3.63, 3.8) is 0 Å². The lowest BCUT2D eigenvalue weighted by atomic mass is 10.1. The van der Waals surface area contributed by atoms with Crippen LogP contribution in [0.15, 0.2) is 35.7 Å². The fourth-order valence-electron chi connectivity index (χ4n) is 2.76. The maximum atomic E-state index is 12.2. The van der Waals surface area contributed by atoms with Gasteiger partial charge < -0.3 is 4.90 Å². The molecule has 0 aliphatic carbocycles. The molecule has 0 radical (unpaired) electrons. The van der Waals surface area contributed by atoms with Gasteiger partial charge in [0.25, 0.3) is 0 Å². The summed E-state index contributed by atoms with van der Waals surface area (Å²) in [6.45, 7) is 2.86. The molecule has 4 heteroatoms. The highest BCUT2D eigenvalue weighted by Crippen LogP contribution is 2.26. The lowest BCUT2D eigenvalue weighted by Crippen LogP contribution is -2.25. The summed E-state index contributed by atoms with van der Waals surface area (Å²) in [5.41, 5.74) is 2.92. The van der Waals surface area contributed by atoms with Crippen molar-refractivity contribution in [2.24, 2.45) is 0 Å². The number of rotatable bonds is 10. The number of aldehydes is 1. The molecule has 0 aliphatic rings. The van der Waals surface area contributed by atoms with Gasteiger partial charge in [-0.25, -0.2) is 0 Å². The van der Waals surface area contributed by atoms with Crippen LogP contribution in [0.3, 0.4) is 0 Å². The number of nitrogens with zero attached hydrogens (tertiary/aromatic N) is 1. The molecule has 0 atom stereocenters. The van der Waals surface area contributed by atoms with Crippen LogP contribution in [0.1, 0.15) is 60.7 Å². The van der Waals surface area contributed by atoms with Crippen molar-refractivity contribution < 1.29 is 9.59 Å².